The molecule has 0 aromatic heterocycles. The fourth-order valence-electron chi connectivity index (χ4n) is 1.72. The van der Waals surface area contributed by atoms with Crippen molar-refractivity contribution >= 4 is 0 Å². The summed E-state index contributed by atoms with van der Waals surface area (Å²) in [7, 11) is 0. The molecular weight excluding hydrogens is 234 g/mol. The number of nitrogens with one attached hydrogen (secondary N) is 1. The normalized spacial score (nSPS) is 16.6. The summed E-state index contributed by atoms with van der Waals surface area (Å²) in [5.74, 6) is 1.38. The van der Waals surface area contributed by atoms with E-state index in [1.54, 1.807) is 12.1 Å². The molecule has 2 rings (SSSR count). The molecule has 100 valence electrons. The van der Waals surface area contributed by atoms with Crippen molar-refractivity contribution < 1.29 is 19.7 Å². The van der Waals surface area contributed by atoms with Gasteiger partial charge in [0, 0.05) is 23.7 Å². The first-order valence-corrected chi connectivity index (χ1v) is 6.05. The van der Waals surface area contributed by atoms with Gasteiger partial charge in [-0.05, 0) is 19.4 Å². The lowest BCUT2D eigenvalue weighted by Crippen LogP contribution is -2.44. The van der Waals surface area contributed by atoms with E-state index in [2.05, 4.69) is 5.32 Å². The third-order valence-electron chi connectivity index (χ3n) is 3.41. The van der Waals surface area contributed by atoms with Gasteiger partial charge in [0.1, 0.15) is 5.75 Å². The van der Waals surface area contributed by atoms with Crippen LogP contribution in [0.15, 0.2) is 12.1 Å². The van der Waals surface area contributed by atoms with Crippen LogP contribution in [-0.4, -0.2) is 29.2 Å². The first kappa shape index (κ1) is 13.0. The van der Waals surface area contributed by atoms with E-state index < -0.39 is 0 Å². The van der Waals surface area contributed by atoms with Crippen LogP contribution >= 0.6 is 0 Å². The molecule has 1 heterocycles. The van der Waals surface area contributed by atoms with Crippen LogP contribution in [0.5, 0.6) is 17.2 Å². The number of benzene rings is 1. The molecule has 0 amide bonds. The molecule has 0 bridgehead atoms. The van der Waals surface area contributed by atoms with Crippen LogP contribution in [-0.2, 0) is 6.54 Å². The number of aliphatic hydroxyl groups excluding tert-OH is 1. The smallest absolute Gasteiger partial charge is 0.231 e. The van der Waals surface area contributed by atoms with Crippen molar-refractivity contribution in [1.29, 1.82) is 0 Å². The summed E-state index contributed by atoms with van der Waals surface area (Å²) in [6, 6.07) is 3.32. The van der Waals surface area contributed by atoms with Crippen LogP contribution in [0.3, 0.4) is 0 Å². The first-order valence-electron chi connectivity index (χ1n) is 6.05. The Morgan fingerprint density at radius 3 is 2.61 bits per heavy atom. The van der Waals surface area contributed by atoms with E-state index >= 15 is 0 Å². The van der Waals surface area contributed by atoms with Crippen molar-refractivity contribution in [2.24, 2.45) is 0 Å². The quantitative estimate of drug-likeness (QED) is 0.739. The summed E-state index contributed by atoms with van der Waals surface area (Å²) >= 11 is 0. The van der Waals surface area contributed by atoms with Crippen molar-refractivity contribution in [3.8, 4) is 17.2 Å². The molecule has 1 aromatic carbocycles. The third-order valence-corrected chi connectivity index (χ3v) is 3.41. The van der Waals surface area contributed by atoms with Gasteiger partial charge in [-0.25, -0.2) is 0 Å². The number of rotatable bonds is 5. The maximum absolute atomic E-state index is 9.88. The molecule has 5 nitrogen and oxygen atoms in total. The number of hydrogen-bond donors (Lipinski definition) is 3. The Kier molecular flexibility index (Phi) is 3.63. The molecule has 0 spiro atoms. The highest BCUT2D eigenvalue weighted by Gasteiger charge is 2.22. The van der Waals surface area contributed by atoms with Gasteiger partial charge in [0.05, 0.1) is 6.61 Å². The van der Waals surface area contributed by atoms with Crippen molar-refractivity contribution in [3.05, 3.63) is 17.7 Å². The number of aromatic hydroxyl groups is 1. The van der Waals surface area contributed by atoms with E-state index in [4.69, 9.17) is 9.47 Å². The van der Waals surface area contributed by atoms with Crippen LogP contribution in [0.2, 0.25) is 0 Å². The minimum absolute atomic E-state index is 0.0504. The molecule has 5 heteroatoms. The zero-order valence-electron chi connectivity index (χ0n) is 10.7. The van der Waals surface area contributed by atoms with Gasteiger partial charge in [-0.2, -0.15) is 0 Å². The molecule has 0 saturated heterocycles. The summed E-state index contributed by atoms with van der Waals surface area (Å²) in [5.41, 5.74) is 0.385. The second kappa shape index (κ2) is 5.04. The number of phenols is 1. The Labute approximate surface area is 106 Å². The number of aliphatic hydroxyl groups is 1. The zero-order chi connectivity index (χ0) is 13.2. The van der Waals surface area contributed by atoms with E-state index in [9.17, 15) is 10.2 Å². The third kappa shape index (κ3) is 2.52. The molecular formula is C13H19NO4. The highest BCUT2D eigenvalue weighted by molar-refractivity contribution is 5.51. The summed E-state index contributed by atoms with van der Waals surface area (Å²) in [5, 5.41) is 22.4. The average molecular weight is 253 g/mol. The second-order valence-electron chi connectivity index (χ2n) is 4.76. The van der Waals surface area contributed by atoms with Gasteiger partial charge in [-0.15, -0.1) is 0 Å². The fraction of sp³-hybridized carbons (Fsp3) is 0.538. The Morgan fingerprint density at radius 2 is 2.00 bits per heavy atom. The Morgan fingerprint density at radius 1 is 1.33 bits per heavy atom. The van der Waals surface area contributed by atoms with E-state index in [-0.39, 0.29) is 24.7 Å². The van der Waals surface area contributed by atoms with Gasteiger partial charge in [-0.3, -0.25) is 0 Å². The lowest BCUT2D eigenvalue weighted by molar-refractivity contribution is 0.168. The van der Waals surface area contributed by atoms with Gasteiger partial charge in [0.2, 0.25) is 6.79 Å². The average Bonchev–Trinajstić information content (AvgIpc) is 2.82. The van der Waals surface area contributed by atoms with E-state index in [1.165, 1.54) is 0 Å². The summed E-state index contributed by atoms with van der Waals surface area (Å²) < 4.78 is 10.4. The predicted octanol–water partition coefficient (Wildman–Crippen LogP) is 1.37. The first-order chi connectivity index (χ1) is 8.58. The largest absolute Gasteiger partial charge is 0.507 e. The van der Waals surface area contributed by atoms with Gasteiger partial charge < -0.3 is 25.0 Å². The maximum Gasteiger partial charge on any atom is 0.231 e. The molecule has 1 atom stereocenters. The standard InChI is InChI=1S/C13H19NO4/c1-3-13(2,7-15)14-6-9-4-11-12(5-10(9)16)18-8-17-11/h4-5,14-16H,3,6-8H2,1-2H3. The zero-order valence-corrected chi connectivity index (χ0v) is 10.7. The van der Waals surface area contributed by atoms with Gasteiger partial charge in [-0.1, -0.05) is 6.92 Å². The number of ether oxygens (including phenoxy) is 2. The van der Waals surface area contributed by atoms with Gasteiger partial charge >= 0.3 is 0 Å². The van der Waals surface area contributed by atoms with E-state index in [0.29, 0.717) is 18.0 Å². The molecule has 1 unspecified atom stereocenters. The molecule has 1 aliphatic heterocycles. The molecule has 18 heavy (non-hydrogen) atoms. The summed E-state index contributed by atoms with van der Waals surface area (Å²) in [4.78, 5) is 0. The molecule has 1 aromatic rings. The lowest BCUT2D eigenvalue weighted by atomic mass is 9.99. The van der Waals surface area contributed by atoms with Gasteiger partial charge in [0.15, 0.2) is 11.5 Å². The van der Waals surface area contributed by atoms with Gasteiger partial charge in [0.25, 0.3) is 0 Å². The molecule has 0 fully saturated rings. The molecule has 3 N–H and O–H groups in total. The topological polar surface area (TPSA) is 71.0 Å². The molecule has 1 aliphatic rings. The van der Waals surface area contributed by atoms with Crippen LogP contribution in [0, 0.1) is 0 Å². The monoisotopic (exact) mass is 253 g/mol. The highest BCUT2D eigenvalue weighted by Crippen LogP contribution is 2.37. The van der Waals surface area contributed by atoms with Crippen LogP contribution in [0.25, 0.3) is 0 Å². The number of phenolic OH excluding ortho intramolecular Hbond substituents is 1. The number of hydrogen-bond acceptors (Lipinski definition) is 5. The Bertz CT molecular complexity index is 429. The second-order valence-corrected chi connectivity index (χ2v) is 4.76. The SMILES string of the molecule is CCC(C)(CO)NCc1cc2c(cc1O)OCO2. The van der Waals surface area contributed by atoms with E-state index in [1.807, 2.05) is 13.8 Å². The van der Waals surface area contributed by atoms with Crippen LogP contribution in [0.4, 0.5) is 0 Å². The molecule has 0 saturated carbocycles. The van der Waals surface area contributed by atoms with E-state index in [0.717, 1.165) is 12.0 Å². The van der Waals surface area contributed by atoms with Crippen LogP contribution < -0.4 is 14.8 Å². The van der Waals surface area contributed by atoms with Crippen molar-refractivity contribution in [2.75, 3.05) is 13.4 Å². The maximum atomic E-state index is 9.88. The minimum Gasteiger partial charge on any atom is -0.507 e. The summed E-state index contributed by atoms with van der Waals surface area (Å²) in [6.07, 6.45) is 0.800. The minimum atomic E-state index is -0.344. The van der Waals surface area contributed by atoms with Crippen LogP contribution in [0.1, 0.15) is 25.8 Å². The van der Waals surface area contributed by atoms with Crippen molar-refractivity contribution in [2.45, 2.75) is 32.4 Å². The lowest BCUT2D eigenvalue weighted by Gasteiger charge is -2.27. The van der Waals surface area contributed by atoms with Crippen molar-refractivity contribution in [1.82, 2.24) is 5.32 Å². The van der Waals surface area contributed by atoms with Crippen molar-refractivity contribution in [3.63, 3.8) is 0 Å². The Hall–Kier alpha value is -1.46. The molecule has 0 aliphatic carbocycles. The molecule has 0 radical (unpaired) electrons. The predicted molar refractivity (Wildman–Crippen MR) is 66.9 cm³/mol. The number of fused-ring (bicyclic) bond motifs is 1. The highest BCUT2D eigenvalue weighted by atomic mass is 16.7. The Balaban J connectivity index is 2.10. The fourth-order valence-corrected chi connectivity index (χ4v) is 1.72. The summed E-state index contributed by atoms with van der Waals surface area (Å²) in [6.45, 7) is 4.65.